The average molecular weight is 322 g/mol. The number of hydrogen-bond acceptors (Lipinski definition) is 2. The molecule has 128 valence electrons. The molecule has 2 aromatic carbocycles. The average Bonchev–Trinajstić information content (AvgIpc) is 2.57. The van der Waals surface area contributed by atoms with Crippen LogP contribution in [0.4, 0.5) is 5.69 Å². The SMILES string of the molecule is CCc1cc2c(cc1[C@@H](C)N)N(Cc1ccccc1)CCC2(C)C. The summed E-state index contributed by atoms with van der Waals surface area (Å²) < 4.78 is 0. The Kier molecular flexibility index (Phi) is 4.69. The zero-order valence-corrected chi connectivity index (χ0v) is 15.5. The Labute approximate surface area is 146 Å². The van der Waals surface area contributed by atoms with Gasteiger partial charge in [0.25, 0.3) is 0 Å². The van der Waals surface area contributed by atoms with Crippen LogP contribution < -0.4 is 10.6 Å². The van der Waals surface area contributed by atoms with Crippen LogP contribution in [0.25, 0.3) is 0 Å². The molecule has 1 atom stereocenters. The van der Waals surface area contributed by atoms with Crippen molar-refractivity contribution in [1.82, 2.24) is 0 Å². The summed E-state index contributed by atoms with van der Waals surface area (Å²) in [5.41, 5.74) is 13.4. The number of anilines is 1. The molecule has 3 rings (SSSR count). The maximum atomic E-state index is 6.27. The van der Waals surface area contributed by atoms with E-state index in [-0.39, 0.29) is 11.5 Å². The van der Waals surface area contributed by atoms with E-state index in [1.54, 1.807) is 0 Å². The summed E-state index contributed by atoms with van der Waals surface area (Å²) in [6.07, 6.45) is 2.23. The molecule has 1 aliphatic heterocycles. The van der Waals surface area contributed by atoms with Crippen molar-refractivity contribution in [2.24, 2.45) is 5.73 Å². The van der Waals surface area contributed by atoms with Crippen molar-refractivity contribution in [1.29, 1.82) is 0 Å². The van der Waals surface area contributed by atoms with Crippen molar-refractivity contribution in [3.8, 4) is 0 Å². The van der Waals surface area contributed by atoms with E-state index < -0.39 is 0 Å². The van der Waals surface area contributed by atoms with Crippen molar-refractivity contribution in [2.45, 2.75) is 58.5 Å². The van der Waals surface area contributed by atoms with Gasteiger partial charge in [0.05, 0.1) is 0 Å². The fourth-order valence-electron chi connectivity index (χ4n) is 3.82. The lowest BCUT2D eigenvalue weighted by molar-refractivity contribution is 0.451. The first-order valence-electron chi connectivity index (χ1n) is 9.14. The van der Waals surface area contributed by atoms with E-state index in [0.717, 1.165) is 19.5 Å². The second-order valence-electron chi connectivity index (χ2n) is 7.75. The number of rotatable bonds is 4. The van der Waals surface area contributed by atoms with Gasteiger partial charge in [0, 0.05) is 24.8 Å². The fourth-order valence-corrected chi connectivity index (χ4v) is 3.82. The third-order valence-electron chi connectivity index (χ3n) is 5.42. The zero-order valence-electron chi connectivity index (χ0n) is 15.5. The van der Waals surface area contributed by atoms with Gasteiger partial charge < -0.3 is 10.6 Å². The lowest BCUT2D eigenvalue weighted by Crippen LogP contribution is -2.37. The van der Waals surface area contributed by atoms with Crippen LogP contribution >= 0.6 is 0 Å². The van der Waals surface area contributed by atoms with Crippen LogP contribution in [0.5, 0.6) is 0 Å². The van der Waals surface area contributed by atoms with E-state index >= 15 is 0 Å². The van der Waals surface area contributed by atoms with Gasteiger partial charge in [0.2, 0.25) is 0 Å². The molecule has 0 amide bonds. The van der Waals surface area contributed by atoms with Crippen molar-refractivity contribution in [3.05, 3.63) is 64.7 Å². The summed E-state index contributed by atoms with van der Waals surface area (Å²) in [6, 6.07) is 15.6. The van der Waals surface area contributed by atoms with Crippen LogP contribution in [-0.2, 0) is 18.4 Å². The summed E-state index contributed by atoms with van der Waals surface area (Å²) in [7, 11) is 0. The van der Waals surface area contributed by atoms with Gasteiger partial charge >= 0.3 is 0 Å². The Morgan fingerprint density at radius 2 is 1.88 bits per heavy atom. The molecule has 2 heteroatoms. The molecule has 0 radical (unpaired) electrons. The Hall–Kier alpha value is -1.80. The highest BCUT2D eigenvalue weighted by Gasteiger charge is 2.32. The highest BCUT2D eigenvalue weighted by Crippen LogP contribution is 2.42. The predicted octanol–water partition coefficient (Wildman–Crippen LogP) is 4.96. The minimum Gasteiger partial charge on any atom is -0.367 e. The molecule has 0 bridgehead atoms. The fraction of sp³-hybridized carbons (Fsp3) is 0.455. The normalized spacial score (nSPS) is 17.5. The van der Waals surface area contributed by atoms with Crippen molar-refractivity contribution in [2.75, 3.05) is 11.4 Å². The first-order chi connectivity index (χ1) is 11.4. The molecule has 0 fully saturated rings. The molecule has 1 heterocycles. The molecule has 2 N–H and O–H groups in total. The van der Waals surface area contributed by atoms with Gasteiger partial charge in [-0.25, -0.2) is 0 Å². The number of hydrogen-bond donors (Lipinski definition) is 1. The van der Waals surface area contributed by atoms with Gasteiger partial charge in [0.1, 0.15) is 0 Å². The number of benzene rings is 2. The Balaban J connectivity index is 2.06. The molecule has 0 aromatic heterocycles. The summed E-state index contributed by atoms with van der Waals surface area (Å²) >= 11 is 0. The van der Waals surface area contributed by atoms with Gasteiger partial charge in [-0.05, 0) is 53.5 Å². The zero-order chi connectivity index (χ0) is 17.3. The Bertz CT molecular complexity index is 701. The predicted molar refractivity (Wildman–Crippen MR) is 104 cm³/mol. The Morgan fingerprint density at radius 3 is 2.50 bits per heavy atom. The lowest BCUT2D eigenvalue weighted by atomic mass is 9.75. The molecular formula is C22H30N2. The van der Waals surface area contributed by atoms with Crippen LogP contribution in [0.3, 0.4) is 0 Å². The summed E-state index contributed by atoms with van der Waals surface area (Å²) in [5, 5.41) is 0. The second kappa shape index (κ2) is 6.60. The van der Waals surface area contributed by atoms with Crippen molar-refractivity contribution < 1.29 is 0 Å². The van der Waals surface area contributed by atoms with E-state index in [2.05, 4.69) is 75.1 Å². The lowest BCUT2D eigenvalue weighted by Gasteiger charge is -2.41. The van der Waals surface area contributed by atoms with Crippen LogP contribution in [0.2, 0.25) is 0 Å². The van der Waals surface area contributed by atoms with E-state index in [0.29, 0.717) is 0 Å². The van der Waals surface area contributed by atoms with Crippen LogP contribution in [0.15, 0.2) is 42.5 Å². The summed E-state index contributed by atoms with van der Waals surface area (Å²) in [6.45, 7) is 11.1. The number of fused-ring (bicyclic) bond motifs is 1. The number of nitrogens with two attached hydrogens (primary N) is 1. The molecule has 0 saturated carbocycles. The van der Waals surface area contributed by atoms with Crippen LogP contribution in [-0.4, -0.2) is 6.54 Å². The highest BCUT2D eigenvalue weighted by atomic mass is 15.1. The van der Waals surface area contributed by atoms with E-state index in [1.165, 1.54) is 34.4 Å². The van der Waals surface area contributed by atoms with E-state index in [1.807, 2.05) is 0 Å². The first kappa shape index (κ1) is 17.0. The van der Waals surface area contributed by atoms with Crippen LogP contribution in [0.1, 0.15) is 62.4 Å². The third-order valence-corrected chi connectivity index (χ3v) is 5.42. The maximum Gasteiger partial charge on any atom is 0.0429 e. The second-order valence-corrected chi connectivity index (χ2v) is 7.75. The first-order valence-corrected chi connectivity index (χ1v) is 9.14. The number of aryl methyl sites for hydroxylation is 1. The van der Waals surface area contributed by atoms with Crippen molar-refractivity contribution in [3.63, 3.8) is 0 Å². The van der Waals surface area contributed by atoms with Crippen molar-refractivity contribution >= 4 is 5.69 Å². The minimum atomic E-state index is 0.0777. The largest absolute Gasteiger partial charge is 0.367 e. The van der Waals surface area contributed by atoms with Gasteiger partial charge in [0.15, 0.2) is 0 Å². The monoisotopic (exact) mass is 322 g/mol. The molecule has 2 nitrogen and oxygen atoms in total. The molecule has 0 unspecified atom stereocenters. The van der Waals surface area contributed by atoms with Gasteiger partial charge in [-0.1, -0.05) is 57.2 Å². The standard InChI is InChI=1S/C22H30N2/c1-5-18-13-20-21(14-19(18)16(2)23)24(12-11-22(20,3)4)15-17-9-7-6-8-10-17/h6-10,13-14,16H,5,11-12,15,23H2,1-4H3/t16-/m1/s1. The van der Waals surface area contributed by atoms with E-state index in [9.17, 15) is 0 Å². The summed E-state index contributed by atoms with van der Waals surface area (Å²) in [4.78, 5) is 2.53. The Morgan fingerprint density at radius 1 is 1.17 bits per heavy atom. The van der Waals surface area contributed by atoms with Gasteiger partial charge in [-0.15, -0.1) is 0 Å². The topological polar surface area (TPSA) is 29.3 Å². The van der Waals surface area contributed by atoms with Crippen LogP contribution in [0, 0.1) is 0 Å². The maximum absolute atomic E-state index is 6.27. The molecule has 24 heavy (non-hydrogen) atoms. The number of nitrogens with zero attached hydrogens (tertiary/aromatic N) is 1. The summed E-state index contributed by atoms with van der Waals surface area (Å²) in [5.74, 6) is 0. The van der Waals surface area contributed by atoms with Gasteiger partial charge in [-0.3, -0.25) is 0 Å². The van der Waals surface area contributed by atoms with Gasteiger partial charge in [-0.2, -0.15) is 0 Å². The van der Waals surface area contributed by atoms with E-state index in [4.69, 9.17) is 5.73 Å². The molecule has 0 saturated heterocycles. The third kappa shape index (κ3) is 3.21. The molecule has 1 aliphatic rings. The minimum absolute atomic E-state index is 0.0777. The molecule has 0 spiro atoms. The highest BCUT2D eigenvalue weighted by molar-refractivity contribution is 5.63. The molecular weight excluding hydrogens is 292 g/mol. The molecule has 0 aliphatic carbocycles. The smallest absolute Gasteiger partial charge is 0.0429 e. The molecule has 2 aromatic rings. The quantitative estimate of drug-likeness (QED) is 0.862.